The Bertz CT molecular complexity index is 939. The maximum Gasteiger partial charge on any atom is 0.332 e. The van der Waals surface area contributed by atoms with Crippen LogP contribution in [-0.2, 0) is 9.53 Å². The number of hydrogen-bond acceptors (Lipinski definition) is 5. The molecule has 2 aromatic carbocycles. The van der Waals surface area contributed by atoms with Gasteiger partial charge in [-0.05, 0) is 49.7 Å². The molecule has 0 fully saturated rings. The van der Waals surface area contributed by atoms with Crippen molar-refractivity contribution in [2.45, 2.75) is 26.3 Å². The van der Waals surface area contributed by atoms with Gasteiger partial charge in [0.05, 0.1) is 18.4 Å². The number of carbonyl (C=O) groups excluding carboxylic acids is 1. The van der Waals surface area contributed by atoms with Gasteiger partial charge >= 0.3 is 5.97 Å². The van der Waals surface area contributed by atoms with E-state index >= 15 is 0 Å². The summed E-state index contributed by atoms with van der Waals surface area (Å²) in [5.41, 5.74) is 2.98. The maximum atomic E-state index is 11.9. The summed E-state index contributed by atoms with van der Waals surface area (Å²) in [6.07, 6.45) is 1.93. The number of halogens is 2. The standard InChI is InChI=1S/C21H20Cl2N2O3/c1-3-28-21(27)10-13(2)25-19(17-11-16(23)8-9-20(17)26)12-18(24-25)14-4-6-15(22)7-5-14/h4-11,19,26H,3,12H2,1-2H3. The first kappa shape index (κ1) is 20.2. The van der Waals surface area contributed by atoms with Gasteiger partial charge in [-0.1, -0.05) is 35.3 Å². The molecule has 28 heavy (non-hydrogen) atoms. The van der Waals surface area contributed by atoms with E-state index in [2.05, 4.69) is 0 Å². The van der Waals surface area contributed by atoms with E-state index < -0.39 is 5.97 Å². The lowest BCUT2D eigenvalue weighted by molar-refractivity contribution is -0.137. The van der Waals surface area contributed by atoms with Gasteiger partial charge in [-0.3, -0.25) is 5.01 Å². The van der Waals surface area contributed by atoms with Crippen LogP contribution >= 0.6 is 23.2 Å². The normalized spacial score (nSPS) is 16.9. The molecule has 2 aromatic rings. The Labute approximate surface area is 173 Å². The van der Waals surface area contributed by atoms with Gasteiger partial charge in [-0.25, -0.2) is 4.79 Å². The molecule has 0 amide bonds. The number of benzene rings is 2. The number of allylic oxidation sites excluding steroid dienone is 1. The van der Waals surface area contributed by atoms with E-state index in [0.29, 0.717) is 34.3 Å². The van der Waals surface area contributed by atoms with Gasteiger partial charge in [0.1, 0.15) is 5.75 Å². The molecule has 1 N–H and O–H groups in total. The van der Waals surface area contributed by atoms with Crippen LogP contribution in [0.4, 0.5) is 0 Å². The van der Waals surface area contributed by atoms with Crippen LogP contribution < -0.4 is 0 Å². The lowest BCUT2D eigenvalue weighted by Crippen LogP contribution is -2.19. The third kappa shape index (κ3) is 4.49. The zero-order valence-electron chi connectivity index (χ0n) is 15.5. The van der Waals surface area contributed by atoms with Gasteiger partial charge in [-0.15, -0.1) is 0 Å². The first-order valence-corrected chi connectivity index (χ1v) is 9.60. The molecule has 0 saturated heterocycles. The van der Waals surface area contributed by atoms with Crippen LogP contribution in [0.1, 0.15) is 37.4 Å². The van der Waals surface area contributed by atoms with Gasteiger partial charge in [0.25, 0.3) is 0 Å². The van der Waals surface area contributed by atoms with Crippen LogP contribution in [0.25, 0.3) is 0 Å². The van der Waals surface area contributed by atoms with Crippen LogP contribution in [0, 0.1) is 0 Å². The minimum atomic E-state index is -0.441. The number of nitrogens with zero attached hydrogens (tertiary/aromatic N) is 2. The van der Waals surface area contributed by atoms with Crippen LogP contribution in [0.5, 0.6) is 5.75 Å². The second-order valence-electron chi connectivity index (χ2n) is 6.36. The summed E-state index contributed by atoms with van der Waals surface area (Å²) >= 11 is 12.1. The minimum Gasteiger partial charge on any atom is -0.508 e. The van der Waals surface area contributed by atoms with Crippen molar-refractivity contribution in [1.82, 2.24) is 5.01 Å². The van der Waals surface area contributed by atoms with Gasteiger partial charge < -0.3 is 9.84 Å². The number of esters is 1. The number of phenolic OH excluding ortho intramolecular Hbond substituents is 1. The zero-order valence-corrected chi connectivity index (χ0v) is 17.0. The van der Waals surface area contributed by atoms with Crippen LogP contribution in [0.3, 0.4) is 0 Å². The highest BCUT2D eigenvalue weighted by molar-refractivity contribution is 6.31. The number of phenols is 1. The molecule has 1 aliphatic heterocycles. The number of aromatic hydroxyl groups is 1. The fourth-order valence-electron chi connectivity index (χ4n) is 3.11. The topological polar surface area (TPSA) is 62.1 Å². The van der Waals surface area contributed by atoms with Gasteiger partial charge in [-0.2, -0.15) is 5.10 Å². The van der Waals surface area contributed by atoms with Crippen LogP contribution in [0.2, 0.25) is 10.0 Å². The van der Waals surface area contributed by atoms with Crippen molar-refractivity contribution in [3.63, 3.8) is 0 Å². The summed E-state index contributed by atoms with van der Waals surface area (Å²) < 4.78 is 5.00. The predicted molar refractivity (Wildman–Crippen MR) is 111 cm³/mol. The molecule has 0 radical (unpaired) electrons. The fourth-order valence-corrected chi connectivity index (χ4v) is 3.41. The Morgan fingerprint density at radius 3 is 2.61 bits per heavy atom. The molecule has 0 spiro atoms. The molecule has 3 rings (SSSR count). The molecular formula is C21H20Cl2N2O3. The molecule has 0 saturated carbocycles. The summed E-state index contributed by atoms with van der Waals surface area (Å²) in [6.45, 7) is 3.82. The lowest BCUT2D eigenvalue weighted by Gasteiger charge is -2.25. The summed E-state index contributed by atoms with van der Waals surface area (Å²) in [6, 6.07) is 12.0. The quantitative estimate of drug-likeness (QED) is 0.527. The Hall–Kier alpha value is -2.50. The molecule has 7 heteroatoms. The number of hydrazone groups is 1. The Kier molecular flexibility index (Phi) is 6.27. The molecule has 146 valence electrons. The van der Waals surface area contributed by atoms with E-state index in [1.54, 1.807) is 49.2 Å². The minimum absolute atomic E-state index is 0.121. The first-order chi connectivity index (χ1) is 13.4. The zero-order chi connectivity index (χ0) is 20.3. The highest BCUT2D eigenvalue weighted by Crippen LogP contribution is 2.40. The molecule has 0 aromatic heterocycles. The average Bonchev–Trinajstić information content (AvgIpc) is 3.09. The average molecular weight is 419 g/mol. The van der Waals surface area contributed by atoms with Crippen molar-refractivity contribution in [3.05, 3.63) is 75.4 Å². The van der Waals surface area contributed by atoms with Crippen molar-refractivity contribution in [3.8, 4) is 5.75 Å². The highest BCUT2D eigenvalue weighted by Gasteiger charge is 2.32. The van der Waals surface area contributed by atoms with Crippen molar-refractivity contribution < 1.29 is 14.6 Å². The first-order valence-electron chi connectivity index (χ1n) is 8.85. The Balaban J connectivity index is 2.01. The van der Waals surface area contributed by atoms with E-state index in [0.717, 1.165) is 11.3 Å². The van der Waals surface area contributed by atoms with E-state index in [1.807, 2.05) is 12.1 Å². The maximum absolute atomic E-state index is 11.9. The Morgan fingerprint density at radius 2 is 1.93 bits per heavy atom. The number of hydrogen-bond donors (Lipinski definition) is 1. The number of carbonyl (C=O) groups is 1. The van der Waals surface area contributed by atoms with Crippen molar-refractivity contribution in [1.29, 1.82) is 0 Å². The largest absolute Gasteiger partial charge is 0.508 e. The lowest BCUT2D eigenvalue weighted by atomic mass is 9.97. The van der Waals surface area contributed by atoms with Crippen molar-refractivity contribution >= 4 is 34.9 Å². The van der Waals surface area contributed by atoms with E-state index in [-0.39, 0.29) is 11.8 Å². The molecule has 1 heterocycles. The molecule has 0 bridgehead atoms. The van der Waals surface area contributed by atoms with Gasteiger partial charge in [0.2, 0.25) is 0 Å². The second-order valence-corrected chi connectivity index (χ2v) is 7.23. The molecular weight excluding hydrogens is 399 g/mol. The second kappa shape index (κ2) is 8.67. The highest BCUT2D eigenvalue weighted by atomic mass is 35.5. The summed E-state index contributed by atoms with van der Waals surface area (Å²) in [4.78, 5) is 11.9. The predicted octanol–water partition coefficient (Wildman–Crippen LogP) is 5.32. The number of ether oxygens (including phenoxy) is 1. The molecule has 1 atom stereocenters. The number of rotatable bonds is 5. The van der Waals surface area contributed by atoms with E-state index in [1.165, 1.54) is 6.08 Å². The van der Waals surface area contributed by atoms with Gasteiger partial charge in [0.15, 0.2) is 0 Å². The van der Waals surface area contributed by atoms with Gasteiger partial charge in [0, 0.05) is 33.8 Å². The SMILES string of the molecule is CCOC(=O)C=C(C)N1N=C(c2ccc(Cl)cc2)CC1c1cc(Cl)ccc1O. The third-order valence-electron chi connectivity index (χ3n) is 4.41. The summed E-state index contributed by atoms with van der Waals surface area (Å²) in [7, 11) is 0. The smallest absolute Gasteiger partial charge is 0.332 e. The Morgan fingerprint density at radius 1 is 1.25 bits per heavy atom. The molecule has 0 aliphatic carbocycles. The third-order valence-corrected chi connectivity index (χ3v) is 4.90. The van der Waals surface area contributed by atoms with Crippen LogP contribution in [0.15, 0.2) is 59.3 Å². The molecule has 1 aliphatic rings. The summed E-state index contributed by atoms with van der Waals surface area (Å²) in [5.74, 6) is -0.319. The van der Waals surface area contributed by atoms with Crippen molar-refractivity contribution in [2.24, 2.45) is 5.10 Å². The van der Waals surface area contributed by atoms with Crippen molar-refractivity contribution in [2.75, 3.05) is 6.61 Å². The monoisotopic (exact) mass is 418 g/mol. The van der Waals surface area contributed by atoms with E-state index in [4.69, 9.17) is 33.0 Å². The van der Waals surface area contributed by atoms with E-state index in [9.17, 15) is 9.90 Å². The molecule has 1 unspecified atom stereocenters. The van der Waals surface area contributed by atoms with Crippen LogP contribution in [-0.4, -0.2) is 28.4 Å². The summed E-state index contributed by atoms with van der Waals surface area (Å²) in [5, 5.41) is 18.0. The molecule has 5 nitrogen and oxygen atoms in total. The fraction of sp³-hybridized carbons (Fsp3) is 0.238.